The number of alkyl halides is 1. The van der Waals surface area contributed by atoms with E-state index in [1.165, 1.54) is 12.1 Å². The Bertz CT molecular complexity index is 414. The Balaban J connectivity index is 2.99. The quantitative estimate of drug-likeness (QED) is 0.752. The fourth-order valence-electron chi connectivity index (χ4n) is 1.74. The van der Waals surface area contributed by atoms with Gasteiger partial charge in [0, 0.05) is 24.7 Å². The van der Waals surface area contributed by atoms with Crippen molar-refractivity contribution in [1.29, 1.82) is 5.26 Å². The Labute approximate surface area is 107 Å². The molecule has 1 aromatic carbocycles. The molecule has 0 saturated carbocycles. The van der Waals surface area contributed by atoms with Gasteiger partial charge in [-0.3, -0.25) is 0 Å². The number of hydrogen-bond donors (Lipinski definition) is 0. The van der Waals surface area contributed by atoms with Gasteiger partial charge in [0.15, 0.2) is 0 Å². The summed E-state index contributed by atoms with van der Waals surface area (Å²) in [6, 6.07) is 6.79. The molecule has 0 aromatic heterocycles. The van der Waals surface area contributed by atoms with Gasteiger partial charge in [-0.25, -0.2) is 4.39 Å². The zero-order valence-corrected chi connectivity index (χ0v) is 10.8. The molecule has 0 aliphatic rings. The Morgan fingerprint density at radius 3 is 2.76 bits per heavy atom. The molecule has 0 radical (unpaired) electrons. The molecule has 0 bridgehead atoms. The summed E-state index contributed by atoms with van der Waals surface area (Å²) < 4.78 is 13.1. The van der Waals surface area contributed by atoms with E-state index in [2.05, 4.69) is 6.07 Å². The first kappa shape index (κ1) is 13.8. The lowest BCUT2D eigenvalue weighted by molar-refractivity contribution is 0.624. The minimum Gasteiger partial charge on any atom is -0.370 e. The van der Waals surface area contributed by atoms with Gasteiger partial charge in [-0.1, -0.05) is 0 Å². The molecule has 92 valence electrons. The molecule has 1 rings (SSSR count). The van der Waals surface area contributed by atoms with Crippen LogP contribution in [-0.2, 0) is 5.88 Å². The van der Waals surface area contributed by atoms with Crippen LogP contribution < -0.4 is 4.90 Å². The third kappa shape index (κ3) is 3.61. The third-order valence-electron chi connectivity index (χ3n) is 2.62. The molecule has 17 heavy (non-hydrogen) atoms. The molecule has 0 spiro atoms. The van der Waals surface area contributed by atoms with Crippen LogP contribution in [0.4, 0.5) is 10.1 Å². The monoisotopic (exact) mass is 254 g/mol. The van der Waals surface area contributed by atoms with Crippen molar-refractivity contribution in [2.24, 2.45) is 5.92 Å². The van der Waals surface area contributed by atoms with Crippen LogP contribution in [0.15, 0.2) is 18.2 Å². The van der Waals surface area contributed by atoms with Crippen molar-refractivity contribution >= 4 is 17.3 Å². The van der Waals surface area contributed by atoms with Crippen LogP contribution in [0.2, 0.25) is 0 Å². The topological polar surface area (TPSA) is 27.0 Å². The normalized spacial score (nSPS) is 11.9. The van der Waals surface area contributed by atoms with Gasteiger partial charge < -0.3 is 4.90 Å². The van der Waals surface area contributed by atoms with Crippen LogP contribution in [0.5, 0.6) is 0 Å². The molecule has 2 nitrogen and oxygen atoms in total. The van der Waals surface area contributed by atoms with E-state index in [1.54, 1.807) is 6.07 Å². The highest BCUT2D eigenvalue weighted by molar-refractivity contribution is 6.17. The van der Waals surface area contributed by atoms with Gasteiger partial charge in [-0.15, -0.1) is 11.6 Å². The molecular formula is C13H16ClFN2. The first-order valence-corrected chi connectivity index (χ1v) is 6.14. The van der Waals surface area contributed by atoms with Gasteiger partial charge in [-0.2, -0.15) is 5.26 Å². The summed E-state index contributed by atoms with van der Waals surface area (Å²) in [7, 11) is 0. The highest BCUT2D eigenvalue weighted by Crippen LogP contribution is 2.24. The molecule has 1 aromatic rings. The molecule has 1 atom stereocenters. The Kier molecular flexibility index (Phi) is 5.24. The maximum Gasteiger partial charge on any atom is 0.123 e. The highest BCUT2D eigenvalue weighted by Gasteiger charge is 2.13. The maximum atomic E-state index is 13.1. The number of halogens is 2. The predicted octanol–water partition coefficient (Wildman–Crippen LogP) is 3.55. The van der Waals surface area contributed by atoms with E-state index < -0.39 is 0 Å². The van der Waals surface area contributed by atoms with Crippen LogP contribution in [0.3, 0.4) is 0 Å². The van der Waals surface area contributed by atoms with E-state index in [9.17, 15) is 4.39 Å². The van der Waals surface area contributed by atoms with Crippen molar-refractivity contribution in [2.75, 3.05) is 18.0 Å². The van der Waals surface area contributed by atoms with Gasteiger partial charge in [-0.05, 0) is 37.6 Å². The number of nitriles is 1. The fourth-order valence-corrected chi connectivity index (χ4v) is 1.95. The molecule has 1 unspecified atom stereocenters. The number of nitrogens with zero attached hydrogens (tertiary/aromatic N) is 2. The van der Waals surface area contributed by atoms with E-state index in [1.807, 2.05) is 18.7 Å². The summed E-state index contributed by atoms with van der Waals surface area (Å²) in [5.74, 6) is -0.0817. The summed E-state index contributed by atoms with van der Waals surface area (Å²) in [6.07, 6.45) is 0. The Morgan fingerprint density at radius 1 is 1.53 bits per heavy atom. The highest BCUT2D eigenvalue weighted by atomic mass is 35.5. The lowest BCUT2D eigenvalue weighted by Gasteiger charge is -2.26. The Hall–Kier alpha value is -1.27. The molecule has 4 heteroatoms. The van der Waals surface area contributed by atoms with Crippen LogP contribution in [0, 0.1) is 23.1 Å². The molecule has 0 aliphatic carbocycles. The maximum absolute atomic E-state index is 13.1. The van der Waals surface area contributed by atoms with Crippen LogP contribution in [0.25, 0.3) is 0 Å². The van der Waals surface area contributed by atoms with Gasteiger partial charge in [0.05, 0.1) is 12.0 Å². The van der Waals surface area contributed by atoms with Crippen molar-refractivity contribution in [2.45, 2.75) is 19.7 Å². The lowest BCUT2D eigenvalue weighted by atomic mass is 10.1. The van der Waals surface area contributed by atoms with Crippen LogP contribution >= 0.6 is 11.6 Å². The van der Waals surface area contributed by atoms with Gasteiger partial charge in [0.2, 0.25) is 0 Å². The SMILES string of the molecule is CCN(CC(C)C#N)c1ccc(F)cc1CCl. The van der Waals surface area contributed by atoms with Crippen molar-refractivity contribution in [3.63, 3.8) is 0 Å². The number of rotatable bonds is 5. The van der Waals surface area contributed by atoms with E-state index in [0.717, 1.165) is 17.8 Å². The van der Waals surface area contributed by atoms with Crippen molar-refractivity contribution in [3.05, 3.63) is 29.6 Å². The molecular weight excluding hydrogens is 239 g/mol. The third-order valence-corrected chi connectivity index (χ3v) is 2.91. The largest absolute Gasteiger partial charge is 0.370 e. The van der Waals surface area contributed by atoms with E-state index in [0.29, 0.717) is 6.54 Å². The zero-order valence-electron chi connectivity index (χ0n) is 10.1. The first-order valence-electron chi connectivity index (χ1n) is 5.61. The van der Waals surface area contributed by atoms with E-state index in [4.69, 9.17) is 16.9 Å². The molecule has 0 N–H and O–H groups in total. The number of anilines is 1. The number of hydrogen-bond acceptors (Lipinski definition) is 2. The zero-order chi connectivity index (χ0) is 12.8. The second-order valence-electron chi connectivity index (χ2n) is 3.98. The van der Waals surface area contributed by atoms with Crippen LogP contribution in [-0.4, -0.2) is 13.1 Å². The standard InChI is InChI=1S/C13H16ClFN2/c1-3-17(9-10(2)8-16)13-5-4-12(15)6-11(13)7-14/h4-6,10H,3,7,9H2,1-2H3. The summed E-state index contributed by atoms with van der Waals surface area (Å²) >= 11 is 5.82. The average molecular weight is 255 g/mol. The minimum atomic E-state index is -0.284. The Morgan fingerprint density at radius 2 is 2.24 bits per heavy atom. The summed E-state index contributed by atoms with van der Waals surface area (Å²) in [6.45, 7) is 5.27. The lowest BCUT2D eigenvalue weighted by Crippen LogP contribution is -2.28. The van der Waals surface area contributed by atoms with E-state index in [-0.39, 0.29) is 17.6 Å². The number of benzene rings is 1. The first-order chi connectivity index (χ1) is 8.12. The van der Waals surface area contributed by atoms with Gasteiger partial charge in [0.25, 0.3) is 0 Å². The second-order valence-corrected chi connectivity index (χ2v) is 4.24. The predicted molar refractivity (Wildman–Crippen MR) is 68.6 cm³/mol. The summed E-state index contributed by atoms with van der Waals surface area (Å²) in [5, 5.41) is 8.83. The molecule has 0 aliphatic heterocycles. The molecule has 0 heterocycles. The van der Waals surface area contributed by atoms with Crippen molar-refractivity contribution < 1.29 is 4.39 Å². The van der Waals surface area contributed by atoms with Crippen molar-refractivity contribution in [1.82, 2.24) is 0 Å². The summed E-state index contributed by atoms with van der Waals surface area (Å²) in [5.41, 5.74) is 1.67. The second kappa shape index (κ2) is 6.46. The molecule has 0 fully saturated rings. The molecule has 0 saturated heterocycles. The van der Waals surface area contributed by atoms with Crippen molar-refractivity contribution in [3.8, 4) is 6.07 Å². The van der Waals surface area contributed by atoms with Crippen LogP contribution in [0.1, 0.15) is 19.4 Å². The molecule has 0 amide bonds. The summed E-state index contributed by atoms with van der Waals surface area (Å²) in [4.78, 5) is 2.05. The fraction of sp³-hybridized carbons (Fsp3) is 0.462. The average Bonchev–Trinajstić information content (AvgIpc) is 2.35. The minimum absolute atomic E-state index is 0.0665. The van der Waals surface area contributed by atoms with E-state index >= 15 is 0 Å². The van der Waals surface area contributed by atoms with Gasteiger partial charge >= 0.3 is 0 Å². The van der Waals surface area contributed by atoms with Gasteiger partial charge in [0.1, 0.15) is 5.82 Å². The smallest absolute Gasteiger partial charge is 0.123 e.